The lowest BCUT2D eigenvalue weighted by Crippen LogP contribution is -2.54. The number of alkyl halides is 3. The third-order valence-electron chi connectivity index (χ3n) is 9.77. The largest absolute Gasteiger partial charge is 0.491 e. The molecule has 14 nitrogen and oxygen atoms in total. The molecular weight excluding hydrogens is 782 g/mol. The summed E-state index contributed by atoms with van der Waals surface area (Å²) in [6.45, 7) is 2.87. The van der Waals surface area contributed by atoms with Gasteiger partial charge >= 0.3 is 6.18 Å². The summed E-state index contributed by atoms with van der Waals surface area (Å²) in [7, 11) is 0. The Labute approximate surface area is 333 Å². The summed E-state index contributed by atoms with van der Waals surface area (Å²) >= 11 is 1.14. The second kappa shape index (κ2) is 16.8. The van der Waals surface area contributed by atoms with Crippen LogP contribution in [0.4, 0.5) is 29.7 Å². The molecule has 4 aromatic rings. The lowest BCUT2D eigenvalue weighted by atomic mass is 10.0. The monoisotopic (exact) mass is 818 g/mol. The van der Waals surface area contributed by atoms with E-state index >= 15 is 0 Å². The van der Waals surface area contributed by atoms with E-state index in [1.165, 1.54) is 18.2 Å². The van der Waals surface area contributed by atoms with E-state index in [9.17, 15) is 41.9 Å². The standard InChI is InChI=1S/C40H37F3N6O8S/c1-22-35(24-10-11-29(27(21-24)40(41,42)43)48-15-4-9-33(48)52)47-39(58-22)46-32(51)20-23-5-2-6-25(19-23)57-18-17-56-16-14-44-28-8-3-7-26-34(28)38(55)49(37(26)54)30-12-13-31(50)45-36(30)53/h2-3,5-8,10-11,19,21,30,44H,4,9,12-18,20H2,1H3,(H,45,50,53)(H,46,47,51). The first-order valence-corrected chi connectivity index (χ1v) is 19.3. The van der Waals surface area contributed by atoms with Gasteiger partial charge in [0.25, 0.3) is 11.8 Å². The molecule has 0 saturated carbocycles. The summed E-state index contributed by atoms with van der Waals surface area (Å²) in [4.78, 5) is 82.5. The number of halogens is 3. The van der Waals surface area contributed by atoms with Crippen LogP contribution in [0.1, 0.15) is 62.4 Å². The fourth-order valence-electron chi connectivity index (χ4n) is 7.10. The molecule has 58 heavy (non-hydrogen) atoms. The first-order chi connectivity index (χ1) is 27.8. The smallest absolute Gasteiger partial charge is 0.418 e. The maximum Gasteiger partial charge on any atom is 0.418 e. The van der Waals surface area contributed by atoms with Crippen LogP contribution in [0.2, 0.25) is 0 Å². The molecule has 2 saturated heterocycles. The fraction of sp³-hybridized carbons (Fsp3) is 0.325. The first kappa shape index (κ1) is 40.1. The molecule has 1 atom stereocenters. The number of aromatic nitrogens is 1. The molecule has 3 aromatic carbocycles. The summed E-state index contributed by atoms with van der Waals surface area (Å²) in [5, 5.41) is 8.25. The Morgan fingerprint density at radius 1 is 0.983 bits per heavy atom. The summed E-state index contributed by atoms with van der Waals surface area (Å²) in [5.41, 5.74) is 0.805. The van der Waals surface area contributed by atoms with Crippen molar-refractivity contribution in [3.05, 3.63) is 87.8 Å². The van der Waals surface area contributed by atoms with Gasteiger partial charge in [0.2, 0.25) is 23.6 Å². The van der Waals surface area contributed by atoms with Crippen LogP contribution in [-0.2, 0) is 36.5 Å². The van der Waals surface area contributed by atoms with Crippen molar-refractivity contribution in [1.29, 1.82) is 0 Å². The van der Waals surface area contributed by atoms with Crippen molar-refractivity contribution in [3.63, 3.8) is 0 Å². The van der Waals surface area contributed by atoms with E-state index in [0.717, 1.165) is 27.2 Å². The third-order valence-corrected chi connectivity index (χ3v) is 10.7. The maximum atomic E-state index is 14.1. The number of amides is 6. The predicted molar refractivity (Wildman–Crippen MR) is 206 cm³/mol. The number of aryl methyl sites for hydroxylation is 1. The van der Waals surface area contributed by atoms with Gasteiger partial charge in [0.1, 0.15) is 18.4 Å². The Balaban J connectivity index is 0.869. The number of carbonyl (C=O) groups is 6. The number of thiazole rings is 1. The molecule has 1 aromatic heterocycles. The van der Waals surface area contributed by atoms with Gasteiger partial charge in [-0.15, -0.1) is 11.3 Å². The minimum absolute atomic E-state index is 0.0211. The van der Waals surface area contributed by atoms with E-state index in [1.54, 1.807) is 43.3 Å². The number of benzene rings is 3. The highest BCUT2D eigenvalue weighted by molar-refractivity contribution is 7.16. The quantitative estimate of drug-likeness (QED) is 0.111. The lowest BCUT2D eigenvalue weighted by Gasteiger charge is -2.27. The van der Waals surface area contributed by atoms with Crippen LogP contribution in [0.25, 0.3) is 11.3 Å². The predicted octanol–water partition coefficient (Wildman–Crippen LogP) is 5.35. The topological polar surface area (TPSA) is 176 Å². The molecule has 1 unspecified atom stereocenters. The second-order valence-electron chi connectivity index (χ2n) is 13.7. The Morgan fingerprint density at radius 3 is 2.55 bits per heavy atom. The highest BCUT2D eigenvalue weighted by atomic mass is 32.1. The van der Waals surface area contributed by atoms with Gasteiger partial charge in [0, 0.05) is 42.1 Å². The van der Waals surface area contributed by atoms with Gasteiger partial charge in [-0.1, -0.05) is 24.3 Å². The maximum absolute atomic E-state index is 14.1. The molecule has 0 bridgehead atoms. The van der Waals surface area contributed by atoms with Crippen LogP contribution in [0.3, 0.4) is 0 Å². The van der Waals surface area contributed by atoms with E-state index < -0.39 is 41.4 Å². The summed E-state index contributed by atoms with van der Waals surface area (Å²) in [6, 6.07) is 14.4. The van der Waals surface area contributed by atoms with E-state index in [2.05, 4.69) is 20.9 Å². The average molecular weight is 819 g/mol. The highest BCUT2D eigenvalue weighted by Crippen LogP contribution is 2.42. The van der Waals surface area contributed by atoms with Gasteiger partial charge in [-0.05, 0) is 61.7 Å². The fourth-order valence-corrected chi connectivity index (χ4v) is 7.95. The number of nitrogens with zero attached hydrogens (tertiary/aromatic N) is 3. The zero-order chi connectivity index (χ0) is 41.1. The average Bonchev–Trinajstić information content (AvgIpc) is 3.85. The Morgan fingerprint density at radius 2 is 1.79 bits per heavy atom. The molecule has 6 amide bonds. The Bertz CT molecular complexity index is 2310. The molecule has 4 heterocycles. The highest BCUT2D eigenvalue weighted by Gasteiger charge is 2.45. The van der Waals surface area contributed by atoms with E-state index in [4.69, 9.17) is 9.47 Å². The van der Waals surface area contributed by atoms with Crippen molar-refractivity contribution in [2.24, 2.45) is 0 Å². The van der Waals surface area contributed by atoms with Gasteiger partial charge < -0.3 is 25.0 Å². The number of carbonyl (C=O) groups excluding carboxylic acids is 6. The molecule has 302 valence electrons. The molecule has 3 aliphatic rings. The van der Waals surface area contributed by atoms with E-state index in [-0.39, 0.29) is 91.4 Å². The third kappa shape index (κ3) is 8.57. The van der Waals surface area contributed by atoms with Crippen LogP contribution < -0.4 is 25.6 Å². The van der Waals surface area contributed by atoms with Crippen molar-refractivity contribution in [1.82, 2.24) is 15.2 Å². The minimum Gasteiger partial charge on any atom is -0.491 e. The first-order valence-electron chi connectivity index (χ1n) is 18.5. The van der Waals surface area contributed by atoms with Gasteiger partial charge in [0.15, 0.2) is 5.13 Å². The van der Waals surface area contributed by atoms with Crippen LogP contribution in [0, 0.1) is 6.92 Å². The van der Waals surface area contributed by atoms with Crippen LogP contribution in [0.15, 0.2) is 60.7 Å². The van der Waals surface area contributed by atoms with Crippen LogP contribution >= 0.6 is 11.3 Å². The van der Waals surface area contributed by atoms with Gasteiger partial charge in [-0.2, -0.15) is 13.2 Å². The Hall–Kier alpha value is -6.14. The molecule has 0 aliphatic carbocycles. The van der Waals surface area contributed by atoms with Crippen molar-refractivity contribution in [3.8, 4) is 17.0 Å². The Kier molecular flexibility index (Phi) is 11.6. The SMILES string of the molecule is Cc1sc(NC(=O)Cc2cccc(OCCOCCNc3cccc4c3C(=O)N(C3CCC(=O)NC3=O)C4=O)c2)nc1-c1ccc(N2CCCC2=O)c(C(F)(F)F)c1. The molecule has 7 rings (SSSR count). The van der Waals surface area contributed by atoms with Gasteiger partial charge in [-0.3, -0.25) is 39.0 Å². The molecule has 2 fully saturated rings. The molecule has 3 N–H and O–H groups in total. The number of hydrogen-bond acceptors (Lipinski definition) is 11. The van der Waals surface area contributed by atoms with E-state index in [0.29, 0.717) is 40.5 Å². The van der Waals surface area contributed by atoms with E-state index in [1.807, 2.05) is 0 Å². The van der Waals surface area contributed by atoms with Gasteiger partial charge in [0.05, 0.1) is 47.7 Å². The molecule has 0 radical (unpaired) electrons. The van der Waals surface area contributed by atoms with Crippen LogP contribution in [0.5, 0.6) is 5.75 Å². The number of ether oxygens (including phenoxy) is 2. The number of hydrogen-bond donors (Lipinski definition) is 3. The number of nitrogens with one attached hydrogen (secondary N) is 3. The lowest BCUT2D eigenvalue weighted by molar-refractivity contribution is -0.138. The van der Waals surface area contributed by atoms with Crippen molar-refractivity contribution < 1.29 is 51.4 Å². The number of imide groups is 2. The normalized spacial score (nSPS) is 16.8. The minimum atomic E-state index is -4.69. The number of rotatable bonds is 14. The summed E-state index contributed by atoms with van der Waals surface area (Å²) in [5.74, 6) is -2.56. The van der Waals surface area contributed by atoms with Crippen LogP contribution in [-0.4, -0.2) is 84.3 Å². The molecule has 0 spiro atoms. The van der Waals surface area contributed by atoms with Crippen molar-refractivity contribution >= 4 is 63.3 Å². The number of fused-ring (bicyclic) bond motifs is 1. The zero-order valence-corrected chi connectivity index (χ0v) is 31.9. The molecule has 18 heteroatoms. The molecular formula is C40H37F3N6O8S. The zero-order valence-electron chi connectivity index (χ0n) is 31.1. The number of anilines is 3. The van der Waals surface area contributed by atoms with Crippen molar-refractivity contribution in [2.45, 2.75) is 51.2 Å². The van der Waals surface area contributed by atoms with Crippen molar-refractivity contribution in [2.75, 3.05) is 48.4 Å². The summed E-state index contributed by atoms with van der Waals surface area (Å²) < 4.78 is 53.7. The number of piperidine rings is 1. The van der Waals surface area contributed by atoms with Gasteiger partial charge in [-0.25, -0.2) is 4.98 Å². The second-order valence-corrected chi connectivity index (χ2v) is 14.9. The molecule has 3 aliphatic heterocycles. The summed E-state index contributed by atoms with van der Waals surface area (Å²) in [6.07, 6.45) is -3.93.